The van der Waals surface area contributed by atoms with Crippen LogP contribution in [0.25, 0.3) is 114 Å². The molecule has 260 valence electrons. The lowest BCUT2D eigenvalue weighted by Gasteiger charge is -2.12. The molecule has 0 N–H and O–H groups in total. The van der Waals surface area contributed by atoms with Gasteiger partial charge in [-0.1, -0.05) is 146 Å². The van der Waals surface area contributed by atoms with Crippen LogP contribution in [0, 0.1) is 0 Å². The maximum absolute atomic E-state index is 5.24. The minimum atomic E-state index is 0.656. The fourth-order valence-corrected chi connectivity index (χ4v) is 9.83. The maximum Gasteiger partial charge on any atom is 0.165 e. The van der Waals surface area contributed by atoms with Gasteiger partial charge in [0.2, 0.25) is 0 Å². The van der Waals surface area contributed by atoms with Crippen molar-refractivity contribution in [2.24, 2.45) is 0 Å². The minimum absolute atomic E-state index is 0.656. The molecule has 0 aliphatic rings. The third-order valence-corrected chi connectivity index (χ3v) is 12.3. The van der Waals surface area contributed by atoms with Crippen LogP contribution < -0.4 is 0 Å². The molecule has 12 rings (SSSR count). The van der Waals surface area contributed by atoms with E-state index in [1.165, 1.54) is 63.5 Å². The zero-order valence-electron chi connectivity index (χ0n) is 30.0. The second-order valence-electron chi connectivity index (χ2n) is 14.4. The van der Waals surface area contributed by atoms with Gasteiger partial charge in [0.15, 0.2) is 17.5 Å². The molecule has 0 aliphatic carbocycles. The lowest BCUT2D eigenvalue weighted by molar-refractivity contribution is 1.08. The van der Waals surface area contributed by atoms with E-state index in [-0.39, 0.29) is 0 Å². The van der Waals surface area contributed by atoms with Crippen molar-refractivity contribution in [1.29, 1.82) is 0 Å². The van der Waals surface area contributed by atoms with Crippen molar-refractivity contribution in [3.05, 3.63) is 182 Å². The largest absolute Gasteiger partial charge is 0.309 e. The van der Waals surface area contributed by atoms with E-state index in [0.29, 0.717) is 17.5 Å². The molecule has 5 heteroatoms. The molecule has 0 spiro atoms. The van der Waals surface area contributed by atoms with E-state index in [4.69, 9.17) is 15.0 Å². The van der Waals surface area contributed by atoms with Crippen LogP contribution in [0.1, 0.15) is 0 Å². The first-order valence-corrected chi connectivity index (χ1v) is 19.7. The van der Waals surface area contributed by atoms with Crippen LogP contribution in [0.3, 0.4) is 0 Å². The van der Waals surface area contributed by atoms with E-state index in [1.807, 2.05) is 47.7 Å². The Balaban J connectivity index is 1.14. The van der Waals surface area contributed by atoms with E-state index < -0.39 is 0 Å². The molecule has 9 aromatic carbocycles. The Labute approximate surface area is 325 Å². The molecular formula is C51H30N4S. The number of rotatable bonds is 4. The van der Waals surface area contributed by atoms with Crippen molar-refractivity contribution in [2.45, 2.75) is 0 Å². The number of fused-ring (bicyclic) bond motifs is 10. The van der Waals surface area contributed by atoms with Crippen molar-refractivity contribution in [3.63, 3.8) is 0 Å². The Bertz CT molecular complexity index is 3470. The predicted octanol–water partition coefficient (Wildman–Crippen LogP) is 13.8. The van der Waals surface area contributed by atoms with Crippen molar-refractivity contribution < 1.29 is 0 Å². The highest BCUT2D eigenvalue weighted by atomic mass is 32.1. The standard InChI is InChI=1S/C51H30N4S/c1-3-14-32(15-4-1)49-52-50(33-16-5-2-6-17-33)54-51(53-49)48-39-22-12-10-20-36(39)29-45-47(48)40-25-24-37(30-44(40)56-45)55-42-26-23-31-13-9-11-21-38(31)46(42)41-27-34-18-7-8-19-35(34)28-43(41)55/h1-30H. The van der Waals surface area contributed by atoms with Gasteiger partial charge in [0.1, 0.15) is 0 Å². The summed E-state index contributed by atoms with van der Waals surface area (Å²) in [6.45, 7) is 0. The van der Waals surface area contributed by atoms with Crippen LogP contribution in [-0.4, -0.2) is 19.5 Å². The number of hydrogen-bond donors (Lipinski definition) is 0. The highest BCUT2D eigenvalue weighted by Gasteiger charge is 2.22. The Kier molecular flexibility index (Phi) is 6.76. The molecule has 0 bridgehead atoms. The van der Waals surface area contributed by atoms with Crippen molar-refractivity contribution >= 4 is 85.6 Å². The molecule has 3 heterocycles. The lowest BCUT2D eigenvalue weighted by Crippen LogP contribution is -2.01. The molecule has 0 amide bonds. The van der Waals surface area contributed by atoms with E-state index in [0.717, 1.165) is 33.2 Å². The van der Waals surface area contributed by atoms with Gasteiger partial charge in [-0.3, -0.25) is 0 Å². The zero-order valence-corrected chi connectivity index (χ0v) is 30.8. The maximum atomic E-state index is 5.24. The number of aromatic nitrogens is 4. The topological polar surface area (TPSA) is 43.6 Å². The molecule has 56 heavy (non-hydrogen) atoms. The van der Waals surface area contributed by atoms with Crippen LogP contribution in [0.4, 0.5) is 0 Å². The van der Waals surface area contributed by atoms with Gasteiger partial charge in [-0.05, 0) is 68.7 Å². The fourth-order valence-electron chi connectivity index (χ4n) is 8.63. The highest BCUT2D eigenvalue weighted by Crippen LogP contribution is 2.46. The highest BCUT2D eigenvalue weighted by molar-refractivity contribution is 7.26. The molecule has 0 unspecified atom stereocenters. The van der Waals surface area contributed by atoms with Gasteiger partial charge in [0.05, 0.1) is 11.0 Å². The Hall–Kier alpha value is -7.21. The predicted molar refractivity (Wildman–Crippen MR) is 236 cm³/mol. The molecule has 12 aromatic rings. The summed E-state index contributed by atoms with van der Waals surface area (Å²) in [7, 11) is 0. The van der Waals surface area contributed by atoms with E-state index >= 15 is 0 Å². The normalized spacial score (nSPS) is 11.9. The van der Waals surface area contributed by atoms with Crippen LogP contribution in [0.15, 0.2) is 182 Å². The van der Waals surface area contributed by atoms with Crippen LogP contribution in [0.5, 0.6) is 0 Å². The van der Waals surface area contributed by atoms with Gasteiger partial charge in [0.25, 0.3) is 0 Å². The Morgan fingerprint density at radius 2 is 0.964 bits per heavy atom. The number of benzene rings is 9. The molecule has 3 aromatic heterocycles. The summed E-state index contributed by atoms with van der Waals surface area (Å²) < 4.78 is 4.87. The van der Waals surface area contributed by atoms with Crippen molar-refractivity contribution in [1.82, 2.24) is 19.5 Å². The molecule has 4 nitrogen and oxygen atoms in total. The van der Waals surface area contributed by atoms with Crippen molar-refractivity contribution in [3.8, 4) is 39.9 Å². The summed E-state index contributed by atoms with van der Waals surface area (Å²) in [6, 6.07) is 65.0. The summed E-state index contributed by atoms with van der Waals surface area (Å²) in [5.74, 6) is 1.98. The number of nitrogens with zero attached hydrogens (tertiary/aromatic N) is 4. The van der Waals surface area contributed by atoms with E-state index in [1.54, 1.807) is 0 Å². The SMILES string of the molecule is c1ccc(-c2nc(-c3ccccc3)nc(-c3c4ccccc4cc4sc5cc(-n6c7cc8ccccc8cc7c7c8ccccc8ccc76)ccc5c34)n2)cc1. The van der Waals surface area contributed by atoms with Gasteiger partial charge in [-0.25, -0.2) is 15.0 Å². The van der Waals surface area contributed by atoms with Crippen molar-refractivity contribution in [2.75, 3.05) is 0 Å². The quantitative estimate of drug-likeness (QED) is 0.181. The van der Waals surface area contributed by atoms with Crippen LogP contribution >= 0.6 is 11.3 Å². The molecule has 0 fully saturated rings. The molecular weight excluding hydrogens is 701 g/mol. The minimum Gasteiger partial charge on any atom is -0.309 e. The first-order chi connectivity index (χ1) is 27.7. The number of hydrogen-bond acceptors (Lipinski definition) is 4. The monoisotopic (exact) mass is 730 g/mol. The Morgan fingerprint density at radius 1 is 0.357 bits per heavy atom. The summed E-state index contributed by atoms with van der Waals surface area (Å²) >= 11 is 1.83. The Morgan fingerprint density at radius 3 is 1.70 bits per heavy atom. The second-order valence-corrected chi connectivity index (χ2v) is 15.5. The van der Waals surface area contributed by atoms with Gasteiger partial charge in [-0.2, -0.15) is 0 Å². The summed E-state index contributed by atoms with van der Waals surface area (Å²) in [5, 5.41) is 12.2. The van der Waals surface area contributed by atoms with Gasteiger partial charge in [0, 0.05) is 53.3 Å². The molecule has 0 atom stereocenters. The molecule has 0 saturated heterocycles. The molecule has 0 aliphatic heterocycles. The smallest absolute Gasteiger partial charge is 0.165 e. The molecule has 0 saturated carbocycles. The van der Waals surface area contributed by atoms with Gasteiger partial charge < -0.3 is 4.57 Å². The molecule has 0 radical (unpaired) electrons. The van der Waals surface area contributed by atoms with Crippen LogP contribution in [0.2, 0.25) is 0 Å². The van der Waals surface area contributed by atoms with Gasteiger partial charge in [-0.15, -0.1) is 11.3 Å². The second kappa shape index (κ2) is 12.2. The average Bonchev–Trinajstić information content (AvgIpc) is 3.79. The van der Waals surface area contributed by atoms with Crippen LogP contribution in [-0.2, 0) is 0 Å². The lowest BCUT2D eigenvalue weighted by atomic mass is 9.97. The zero-order chi connectivity index (χ0) is 36.7. The summed E-state index contributed by atoms with van der Waals surface area (Å²) in [4.78, 5) is 15.5. The first-order valence-electron chi connectivity index (χ1n) is 18.9. The third-order valence-electron chi connectivity index (χ3n) is 11.2. The first kappa shape index (κ1) is 31.2. The third kappa shape index (κ3) is 4.75. The summed E-state index contributed by atoms with van der Waals surface area (Å²) in [5.41, 5.74) is 6.48. The van der Waals surface area contributed by atoms with E-state index in [2.05, 4.69) is 150 Å². The van der Waals surface area contributed by atoms with Gasteiger partial charge >= 0.3 is 0 Å². The average molecular weight is 731 g/mol. The fraction of sp³-hybridized carbons (Fsp3) is 0. The summed E-state index contributed by atoms with van der Waals surface area (Å²) in [6.07, 6.45) is 0. The number of thiophene rings is 1. The van der Waals surface area contributed by atoms with E-state index in [9.17, 15) is 0 Å².